The lowest BCUT2D eigenvalue weighted by molar-refractivity contribution is -0.122. The van der Waals surface area contributed by atoms with E-state index in [9.17, 15) is 14.7 Å². The van der Waals surface area contributed by atoms with Crippen LogP contribution < -0.4 is 10.9 Å². The molecular weight excluding hydrogens is 220 g/mol. The van der Waals surface area contributed by atoms with Crippen molar-refractivity contribution >= 4 is 11.8 Å². The number of amides is 2. The Balaban J connectivity index is 2.48. The molecule has 0 spiro atoms. The van der Waals surface area contributed by atoms with E-state index in [2.05, 4.69) is 10.9 Å². The zero-order valence-electron chi connectivity index (χ0n) is 9.86. The van der Waals surface area contributed by atoms with E-state index in [0.29, 0.717) is 6.42 Å². The quantitative estimate of drug-likeness (QED) is 0.690. The van der Waals surface area contributed by atoms with Crippen molar-refractivity contribution in [3.63, 3.8) is 0 Å². The molecule has 0 aliphatic heterocycles. The number of hydrogen-bond donors (Lipinski definition) is 3. The number of aromatic hydroxyl groups is 1. The number of nitrogens with one attached hydrogen (secondary N) is 2. The molecule has 5 heteroatoms. The SMILES string of the molecule is CC(C)CC(=O)NNC(=O)c1cccc(O)c1. The predicted octanol–water partition coefficient (Wildman–Crippen LogP) is 1.20. The number of hydrogen-bond acceptors (Lipinski definition) is 3. The van der Waals surface area contributed by atoms with Crippen LogP contribution in [0.5, 0.6) is 5.75 Å². The maximum Gasteiger partial charge on any atom is 0.269 e. The number of phenolic OH excluding ortho intramolecular Hbond substituents is 1. The Labute approximate surface area is 99.8 Å². The molecule has 0 saturated heterocycles. The molecule has 1 rings (SSSR count). The highest BCUT2D eigenvalue weighted by Gasteiger charge is 2.08. The fourth-order valence-electron chi connectivity index (χ4n) is 1.27. The van der Waals surface area contributed by atoms with Gasteiger partial charge in [0.1, 0.15) is 5.75 Å². The van der Waals surface area contributed by atoms with Gasteiger partial charge in [-0.15, -0.1) is 0 Å². The molecule has 0 fully saturated rings. The lowest BCUT2D eigenvalue weighted by Crippen LogP contribution is -2.41. The first-order valence-electron chi connectivity index (χ1n) is 5.37. The third kappa shape index (κ3) is 4.55. The van der Waals surface area contributed by atoms with Gasteiger partial charge in [-0.3, -0.25) is 20.4 Å². The van der Waals surface area contributed by atoms with E-state index in [0.717, 1.165) is 0 Å². The number of phenols is 1. The molecule has 0 aromatic heterocycles. The van der Waals surface area contributed by atoms with Crippen molar-refractivity contribution in [1.82, 2.24) is 10.9 Å². The summed E-state index contributed by atoms with van der Waals surface area (Å²) in [6.45, 7) is 3.83. The van der Waals surface area contributed by atoms with E-state index in [1.165, 1.54) is 12.1 Å². The number of benzene rings is 1. The van der Waals surface area contributed by atoms with Gasteiger partial charge in [-0.1, -0.05) is 19.9 Å². The van der Waals surface area contributed by atoms with Crippen LogP contribution in [0.4, 0.5) is 0 Å². The molecule has 0 atom stereocenters. The molecule has 2 amide bonds. The highest BCUT2D eigenvalue weighted by Crippen LogP contribution is 2.10. The number of carbonyl (C=O) groups excluding carboxylic acids is 2. The summed E-state index contributed by atoms with van der Waals surface area (Å²) in [7, 11) is 0. The minimum Gasteiger partial charge on any atom is -0.508 e. The Morgan fingerprint density at radius 2 is 2.00 bits per heavy atom. The number of rotatable bonds is 3. The van der Waals surface area contributed by atoms with E-state index in [-0.39, 0.29) is 23.1 Å². The van der Waals surface area contributed by atoms with Crippen molar-refractivity contribution in [2.24, 2.45) is 5.92 Å². The molecule has 0 radical (unpaired) electrons. The standard InChI is InChI=1S/C12H16N2O3/c1-8(2)6-11(16)13-14-12(17)9-4-3-5-10(15)7-9/h3-5,7-8,15H,6H2,1-2H3,(H,13,16)(H,14,17). The smallest absolute Gasteiger partial charge is 0.269 e. The molecule has 0 bridgehead atoms. The molecule has 3 N–H and O–H groups in total. The lowest BCUT2D eigenvalue weighted by atomic mass is 10.1. The van der Waals surface area contributed by atoms with Gasteiger partial charge in [-0.2, -0.15) is 0 Å². The molecule has 0 aliphatic carbocycles. The van der Waals surface area contributed by atoms with Crippen molar-refractivity contribution in [3.8, 4) is 5.75 Å². The van der Waals surface area contributed by atoms with Crippen LogP contribution in [-0.4, -0.2) is 16.9 Å². The molecular formula is C12H16N2O3. The summed E-state index contributed by atoms with van der Waals surface area (Å²) >= 11 is 0. The van der Waals surface area contributed by atoms with Crippen molar-refractivity contribution in [2.45, 2.75) is 20.3 Å². The van der Waals surface area contributed by atoms with Gasteiger partial charge in [0, 0.05) is 12.0 Å². The molecule has 5 nitrogen and oxygen atoms in total. The van der Waals surface area contributed by atoms with Gasteiger partial charge < -0.3 is 5.11 Å². The van der Waals surface area contributed by atoms with E-state index < -0.39 is 5.91 Å². The van der Waals surface area contributed by atoms with Crippen LogP contribution in [0.2, 0.25) is 0 Å². The van der Waals surface area contributed by atoms with Gasteiger partial charge in [-0.05, 0) is 24.1 Å². The minimum absolute atomic E-state index is 0.00570. The normalized spacial score (nSPS) is 10.1. The van der Waals surface area contributed by atoms with Crippen molar-refractivity contribution < 1.29 is 14.7 Å². The average molecular weight is 236 g/mol. The number of hydrazine groups is 1. The maximum atomic E-state index is 11.6. The van der Waals surface area contributed by atoms with E-state index in [1.54, 1.807) is 12.1 Å². The maximum absolute atomic E-state index is 11.6. The summed E-state index contributed by atoms with van der Waals surface area (Å²) in [5.41, 5.74) is 4.88. The van der Waals surface area contributed by atoms with Crippen LogP contribution in [0, 0.1) is 5.92 Å². The van der Waals surface area contributed by atoms with Gasteiger partial charge in [0.25, 0.3) is 5.91 Å². The highest BCUT2D eigenvalue weighted by atomic mass is 16.3. The van der Waals surface area contributed by atoms with Crippen molar-refractivity contribution in [2.75, 3.05) is 0 Å². The van der Waals surface area contributed by atoms with Gasteiger partial charge in [0.2, 0.25) is 5.91 Å². The first-order valence-corrected chi connectivity index (χ1v) is 5.37. The Morgan fingerprint density at radius 3 is 2.59 bits per heavy atom. The second-order valence-electron chi connectivity index (χ2n) is 4.15. The van der Waals surface area contributed by atoms with Gasteiger partial charge in [0.15, 0.2) is 0 Å². The molecule has 1 aromatic carbocycles. The van der Waals surface area contributed by atoms with Crippen LogP contribution in [0.25, 0.3) is 0 Å². The third-order valence-electron chi connectivity index (χ3n) is 2.02. The van der Waals surface area contributed by atoms with Gasteiger partial charge >= 0.3 is 0 Å². The largest absolute Gasteiger partial charge is 0.508 e. The zero-order valence-corrected chi connectivity index (χ0v) is 9.86. The second-order valence-corrected chi connectivity index (χ2v) is 4.15. The Morgan fingerprint density at radius 1 is 1.29 bits per heavy atom. The number of carbonyl (C=O) groups is 2. The lowest BCUT2D eigenvalue weighted by Gasteiger charge is -2.08. The highest BCUT2D eigenvalue weighted by molar-refractivity contribution is 5.95. The Bertz CT molecular complexity index is 416. The van der Waals surface area contributed by atoms with Crippen LogP contribution >= 0.6 is 0 Å². The fourth-order valence-corrected chi connectivity index (χ4v) is 1.27. The second kappa shape index (κ2) is 5.89. The summed E-state index contributed by atoms with van der Waals surface area (Å²) in [6.07, 6.45) is 0.348. The molecule has 1 aromatic rings. The van der Waals surface area contributed by atoms with E-state index in [4.69, 9.17) is 0 Å². The molecule has 17 heavy (non-hydrogen) atoms. The van der Waals surface area contributed by atoms with Crippen LogP contribution in [0.1, 0.15) is 30.6 Å². The summed E-state index contributed by atoms with van der Waals surface area (Å²) < 4.78 is 0. The third-order valence-corrected chi connectivity index (χ3v) is 2.02. The minimum atomic E-state index is -0.460. The first kappa shape index (κ1) is 13.0. The molecule has 0 saturated carbocycles. The first-order chi connectivity index (χ1) is 7.99. The Kier molecular flexibility index (Phi) is 4.51. The van der Waals surface area contributed by atoms with E-state index in [1.807, 2.05) is 13.8 Å². The van der Waals surface area contributed by atoms with Gasteiger partial charge in [0.05, 0.1) is 0 Å². The van der Waals surface area contributed by atoms with Crippen molar-refractivity contribution in [1.29, 1.82) is 0 Å². The molecule has 0 heterocycles. The van der Waals surface area contributed by atoms with Gasteiger partial charge in [-0.25, -0.2) is 0 Å². The molecule has 92 valence electrons. The summed E-state index contributed by atoms with van der Waals surface area (Å²) in [4.78, 5) is 22.8. The van der Waals surface area contributed by atoms with Crippen molar-refractivity contribution in [3.05, 3.63) is 29.8 Å². The average Bonchev–Trinajstić information content (AvgIpc) is 2.25. The van der Waals surface area contributed by atoms with Crippen LogP contribution in [-0.2, 0) is 4.79 Å². The molecule has 0 aliphatic rings. The summed E-state index contributed by atoms with van der Waals surface area (Å²) in [5.74, 6) is -0.467. The fraction of sp³-hybridized carbons (Fsp3) is 0.333. The molecule has 0 unspecified atom stereocenters. The monoisotopic (exact) mass is 236 g/mol. The topological polar surface area (TPSA) is 78.4 Å². The summed E-state index contributed by atoms with van der Waals surface area (Å²) in [6, 6.07) is 5.89. The van der Waals surface area contributed by atoms with Crippen LogP contribution in [0.15, 0.2) is 24.3 Å². The summed E-state index contributed by atoms with van der Waals surface area (Å²) in [5, 5.41) is 9.19. The van der Waals surface area contributed by atoms with Crippen LogP contribution in [0.3, 0.4) is 0 Å². The predicted molar refractivity (Wildman–Crippen MR) is 63.2 cm³/mol. The zero-order chi connectivity index (χ0) is 12.8. The Hall–Kier alpha value is -2.04. The van der Waals surface area contributed by atoms with E-state index >= 15 is 0 Å².